The van der Waals surface area contributed by atoms with Gasteiger partial charge in [-0.1, -0.05) is 334 Å². The molecule has 0 atom stereocenters. The number of rotatable bonds is 9. The van der Waals surface area contributed by atoms with Gasteiger partial charge < -0.3 is 0 Å². The van der Waals surface area contributed by atoms with Crippen LogP contribution in [0.1, 0.15) is 0 Å². The fourth-order valence-corrected chi connectivity index (χ4v) is 18.8. The highest BCUT2D eigenvalue weighted by Gasteiger charge is 2.32. The lowest BCUT2D eigenvalue weighted by molar-refractivity contribution is 1.10. The third kappa shape index (κ3) is 12.0. The van der Waals surface area contributed by atoms with E-state index in [1.807, 2.05) is 55.0 Å². The average Bonchev–Trinajstić information content (AvgIpc) is 1.55. The Balaban J connectivity index is 0.000000113. The number of para-hydroxylation sites is 3. The van der Waals surface area contributed by atoms with Crippen molar-refractivity contribution in [1.82, 2.24) is 34.5 Å². The number of nitrogens with zero attached hydrogens (tertiary/aromatic N) is 7. The Hall–Kier alpha value is -16.2. The topological polar surface area (TPSA) is 82.3 Å². The van der Waals surface area contributed by atoms with Crippen LogP contribution < -0.4 is 0 Å². The van der Waals surface area contributed by atoms with Gasteiger partial charge in [-0.3, -0.25) is 19.5 Å². The first kappa shape index (κ1) is 70.2. The zero-order valence-corrected chi connectivity index (χ0v) is 65.6. The first-order valence-corrected chi connectivity index (χ1v) is 41.1. The number of hydrogen-bond acceptors (Lipinski definition) is 6. The third-order valence-electron chi connectivity index (χ3n) is 24.1. The van der Waals surface area contributed by atoms with E-state index in [0.717, 1.165) is 105 Å². The Morgan fingerprint density at radius 2 is 0.603 bits per heavy atom. The van der Waals surface area contributed by atoms with Crippen LogP contribution in [0.15, 0.2) is 431 Å². The molecule has 1 aliphatic rings. The lowest BCUT2D eigenvalue weighted by Crippen LogP contribution is -1.97. The van der Waals surface area contributed by atoms with Crippen LogP contribution in [0.5, 0.6) is 0 Å². The monoisotopic (exact) mass is 1540 g/mol. The summed E-state index contributed by atoms with van der Waals surface area (Å²) in [6.07, 6.45) is 5.46. The molecule has 7 heteroatoms. The maximum atomic E-state index is 5.19. The summed E-state index contributed by atoms with van der Waals surface area (Å²) < 4.78 is 2.28. The second kappa shape index (κ2) is 29.5. The maximum absolute atomic E-state index is 5.19. The molecule has 1 aliphatic carbocycles. The largest absolute Gasteiger partial charge is 0.292 e. The molecule has 562 valence electrons. The van der Waals surface area contributed by atoms with Crippen molar-refractivity contribution in [2.75, 3.05) is 0 Å². The van der Waals surface area contributed by atoms with E-state index < -0.39 is 0 Å². The number of fused-ring (bicyclic) bond motifs is 17. The molecule has 0 bridgehead atoms. The fourth-order valence-electron chi connectivity index (χ4n) is 18.8. The van der Waals surface area contributed by atoms with Crippen molar-refractivity contribution in [1.29, 1.82) is 0 Å². The zero-order chi connectivity index (χ0) is 79.9. The second-order valence-electron chi connectivity index (χ2n) is 31.0. The van der Waals surface area contributed by atoms with Gasteiger partial charge in [0.1, 0.15) is 5.82 Å². The number of pyridine rings is 5. The summed E-state index contributed by atoms with van der Waals surface area (Å²) in [4.78, 5) is 29.0. The number of imidazole rings is 1. The van der Waals surface area contributed by atoms with Gasteiger partial charge in [-0.25, -0.2) is 15.0 Å². The van der Waals surface area contributed by atoms with Gasteiger partial charge in [-0.05, 0) is 211 Å². The molecule has 18 aromatic carbocycles. The summed E-state index contributed by atoms with van der Waals surface area (Å²) in [6, 6.07) is 147. The van der Waals surface area contributed by atoms with Gasteiger partial charge in [0.25, 0.3) is 0 Å². The van der Waals surface area contributed by atoms with E-state index in [4.69, 9.17) is 15.0 Å². The van der Waals surface area contributed by atoms with Crippen LogP contribution in [-0.2, 0) is 0 Å². The van der Waals surface area contributed by atoms with Gasteiger partial charge in [-0.2, -0.15) is 0 Å². The predicted octanol–water partition coefficient (Wildman–Crippen LogP) is 29.9. The molecular formula is C114H71N7. The number of aromatic nitrogens is 7. The van der Waals surface area contributed by atoms with Crippen LogP contribution in [0.4, 0.5) is 0 Å². The minimum atomic E-state index is 0.901. The van der Waals surface area contributed by atoms with E-state index in [1.165, 1.54) is 132 Å². The van der Waals surface area contributed by atoms with Gasteiger partial charge in [0.15, 0.2) is 0 Å². The van der Waals surface area contributed by atoms with Crippen molar-refractivity contribution in [3.63, 3.8) is 0 Å². The van der Waals surface area contributed by atoms with Crippen LogP contribution in [0.25, 0.3) is 237 Å². The third-order valence-corrected chi connectivity index (χ3v) is 24.1. The molecule has 6 aromatic heterocycles. The molecule has 25 rings (SSSR count). The van der Waals surface area contributed by atoms with Crippen LogP contribution in [-0.4, -0.2) is 34.5 Å². The molecule has 24 aromatic rings. The second-order valence-corrected chi connectivity index (χ2v) is 31.0. The molecule has 6 heterocycles. The van der Waals surface area contributed by atoms with E-state index >= 15 is 0 Å². The van der Waals surface area contributed by atoms with Crippen LogP contribution in [0, 0.1) is 0 Å². The van der Waals surface area contributed by atoms with Gasteiger partial charge in [-0.15, -0.1) is 0 Å². The SMILES string of the molecule is c1ccc(-c2c3c(c(-c4ccccc4)c4ccccc24)-c2ccc(-c4cccc(-c5nc6ccccc6n5-c5ccccc5)c4)c4cccc-3c24)cc1.c1ccc(-c2ccc3c4cccnc4c4ncccc4c3n2)cc1.c1ccc2cc(-c3c4ccccc4c(-c4ccc(-c5ccc6ccc7cccnc7c6n5)cc4)c4ccccc34)ccc2c1. The van der Waals surface area contributed by atoms with Crippen molar-refractivity contribution < 1.29 is 0 Å². The molecule has 0 fully saturated rings. The van der Waals surface area contributed by atoms with Gasteiger partial charge in [0.2, 0.25) is 0 Å². The molecular weight excluding hydrogens is 1470 g/mol. The van der Waals surface area contributed by atoms with Crippen LogP contribution in [0.2, 0.25) is 0 Å². The van der Waals surface area contributed by atoms with Gasteiger partial charge in [0, 0.05) is 67.9 Å². The summed E-state index contributed by atoms with van der Waals surface area (Å²) >= 11 is 0. The van der Waals surface area contributed by atoms with E-state index in [9.17, 15) is 0 Å². The van der Waals surface area contributed by atoms with E-state index in [1.54, 1.807) is 0 Å². The van der Waals surface area contributed by atoms with Gasteiger partial charge in [0.05, 0.1) is 50.0 Å². The summed E-state index contributed by atoms with van der Waals surface area (Å²) in [5.74, 6) is 0.935. The summed E-state index contributed by atoms with van der Waals surface area (Å²) in [5.41, 5.74) is 30.7. The fraction of sp³-hybridized carbons (Fsp3) is 0. The highest BCUT2D eigenvalue weighted by molar-refractivity contribution is 6.30. The maximum Gasteiger partial charge on any atom is 0.145 e. The molecule has 0 saturated carbocycles. The normalized spacial score (nSPS) is 11.6. The minimum absolute atomic E-state index is 0.901. The number of benzene rings is 18. The minimum Gasteiger partial charge on any atom is -0.292 e. The standard InChI is InChI=1S/C51H32N2.C42H26N2.C21H13N3/c1-4-16-33(17-5-1)46-40-24-10-11-25-41(40)47(34-18-6-2-7-19-34)50-43-31-30-38(39-26-15-27-42(48(39)43)49(46)50)35-20-14-21-36(32-35)51-52-44-28-12-13-29-45(44)53(51)37-22-8-3-9-23-37;1-2-9-32-26-33(22-15-27(32)8-1)40-36-13-5-3-11-34(36)39(35-12-4-6-14-37(35)40)29-18-16-28(17-19-29)38-24-23-31-21-20-30-10-7-25-43-41(30)42(31)44-38;1-2-6-14(7-3-1)18-11-10-16-15-8-4-12-22-20(15)21-17(19(16)24-18)9-5-13-23-21/h1-32H;1-26H;1-13H. The highest BCUT2D eigenvalue weighted by atomic mass is 15.1. The van der Waals surface area contributed by atoms with Crippen molar-refractivity contribution in [3.8, 4) is 117 Å². The Labute approximate surface area is 697 Å². The lowest BCUT2D eigenvalue weighted by atomic mass is 9.82. The summed E-state index contributed by atoms with van der Waals surface area (Å²) in [6.45, 7) is 0. The molecule has 0 radical (unpaired) electrons. The van der Waals surface area contributed by atoms with Crippen molar-refractivity contribution in [2.45, 2.75) is 0 Å². The Morgan fingerprint density at radius 1 is 0.190 bits per heavy atom. The quantitative estimate of drug-likeness (QED) is 0.106. The van der Waals surface area contributed by atoms with E-state index in [-0.39, 0.29) is 0 Å². The Morgan fingerprint density at radius 3 is 1.27 bits per heavy atom. The van der Waals surface area contributed by atoms with Crippen molar-refractivity contribution in [3.05, 3.63) is 431 Å². The van der Waals surface area contributed by atoms with E-state index in [2.05, 4.69) is 396 Å². The Bertz CT molecular complexity index is 8070. The lowest BCUT2D eigenvalue weighted by Gasteiger charge is -2.20. The first-order chi connectivity index (χ1) is 60.1. The first-order valence-electron chi connectivity index (χ1n) is 41.1. The molecule has 0 amide bonds. The molecule has 121 heavy (non-hydrogen) atoms. The molecule has 7 nitrogen and oxygen atoms in total. The predicted molar refractivity (Wildman–Crippen MR) is 506 cm³/mol. The summed E-state index contributed by atoms with van der Waals surface area (Å²) in [5, 5.41) is 18.1. The molecule has 0 saturated heterocycles. The molecule has 0 N–H and O–H groups in total. The summed E-state index contributed by atoms with van der Waals surface area (Å²) in [7, 11) is 0. The molecule has 0 aliphatic heterocycles. The van der Waals surface area contributed by atoms with Crippen molar-refractivity contribution >= 4 is 119 Å². The van der Waals surface area contributed by atoms with Crippen LogP contribution >= 0.6 is 0 Å². The Kier molecular flexibility index (Phi) is 17.1. The molecule has 0 spiro atoms. The van der Waals surface area contributed by atoms with Crippen molar-refractivity contribution in [2.24, 2.45) is 0 Å². The smallest absolute Gasteiger partial charge is 0.145 e. The van der Waals surface area contributed by atoms with Gasteiger partial charge >= 0.3 is 0 Å². The van der Waals surface area contributed by atoms with Crippen LogP contribution in [0.3, 0.4) is 0 Å². The average molecular weight is 1540 g/mol. The molecule has 0 unspecified atom stereocenters. The number of hydrogen-bond donors (Lipinski definition) is 0. The van der Waals surface area contributed by atoms with E-state index in [0.29, 0.717) is 0 Å². The highest BCUT2D eigenvalue weighted by Crippen LogP contribution is 2.59. The zero-order valence-electron chi connectivity index (χ0n) is 65.6.